The Morgan fingerprint density at radius 2 is 1.81 bits per heavy atom. The van der Waals surface area contributed by atoms with E-state index in [0.29, 0.717) is 24.2 Å². The first kappa shape index (κ1) is 15.0. The van der Waals surface area contributed by atoms with E-state index in [2.05, 4.69) is 0 Å². The Morgan fingerprint density at radius 3 is 2.33 bits per heavy atom. The standard InChI is InChI=1S/C16H17F2N3/c1-2-21(14-7-5-13(17)6-8-14)10-12-4-3-11(16(19)20)9-15(12)18/h3-9H,2,10H2,1H3,(H3,19,20). The molecule has 0 unspecified atom stereocenters. The van der Waals surface area contributed by atoms with Crippen LogP contribution in [-0.4, -0.2) is 12.4 Å². The Hall–Kier alpha value is -2.43. The molecule has 0 amide bonds. The van der Waals surface area contributed by atoms with Crippen LogP contribution in [0, 0.1) is 17.0 Å². The third kappa shape index (κ3) is 3.56. The number of hydrogen-bond donors (Lipinski definition) is 2. The fourth-order valence-corrected chi connectivity index (χ4v) is 2.09. The summed E-state index contributed by atoms with van der Waals surface area (Å²) in [5.74, 6) is -0.860. The van der Waals surface area contributed by atoms with Crippen molar-refractivity contribution in [2.45, 2.75) is 13.5 Å². The van der Waals surface area contributed by atoms with E-state index < -0.39 is 5.82 Å². The van der Waals surface area contributed by atoms with Gasteiger partial charge in [-0.25, -0.2) is 8.78 Å². The van der Waals surface area contributed by atoms with E-state index in [1.807, 2.05) is 11.8 Å². The van der Waals surface area contributed by atoms with Crippen LogP contribution in [-0.2, 0) is 6.54 Å². The SMILES string of the molecule is CCN(Cc1ccc(C(=N)N)cc1F)c1ccc(F)cc1. The molecule has 0 aliphatic heterocycles. The summed E-state index contributed by atoms with van der Waals surface area (Å²) < 4.78 is 27.0. The van der Waals surface area contributed by atoms with Gasteiger partial charge in [0.1, 0.15) is 17.5 Å². The molecule has 0 radical (unpaired) electrons. The second kappa shape index (κ2) is 6.35. The largest absolute Gasteiger partial charge is 0.384 e. The highest BCUT2D eigenvalue weighted by Crippen LogP contribution is 2.19. The smallest absolute Gasteiger partial charge is 0.128 e. The molecule has 0 fully saturated rings. The number of nitrogens with zero attached hydrogens (tertiary/aromatic N) is 1. The number of rotatable bonds is 5. The number of amidine groups is 1. The van der Waals surface area contributed by atoms with Crippen LogP contribution in [0.5, 0.6) is 0 Å². The fourth-order valence-electron chi connectivity index (χ4n) is 2.09. The van der Waals surface area contributed by atoms with Gasteiger partial charge < -0.3 is 10.6 Å². The monoisotopic (exact) mass is 289 g/mol. The van der Waals surface area contributed by atoms with E-state index in [-0.39, 0.29) is 11.7 Å². The Labute approximate surface area is 122 Å². The normalized spacial score (nSPS) is 10.4. The molecule has 0 saturated carbocycles. The minimum absolute atomic E-state index is 0.161. The predicted octanol–water partition coefficient (Wildman–Crippen LogP) is 3.28. The van der Waals surface area contributed by atoms with Crippen molar-refractivity contribution in [2.75, 3.05) is 11.4 Å². The number of hydrogen-bond acceptors (Lipinski definition) is 2. The number of nitrogens with two attached hydrogens (primary N) is 1. The molecule has 3 N–H and O–H groups in total. The summed E-state index contributed by atoms with van der Waals surface area (Å²) >= 11 is 0. The van der Waals surface area contributed by atoms with Crippen molar-refractivity contribution >= 4 is 11.5 Å². The molecule has 21 heavy (non-hydrogen) atoms. The number of halogens is 2. The Balaban J connectivity index is 2.22. The zero-order valence-corrected chi connectivity index (χ0v) is 11.7. The lowest BCUT2D eigenvalue weighted by Crippen LogP contribution is -2.23. The molecule has 110 valence electrons. The number of benzene rings is 2. The molecular weight excluding hydrogens is 272 g/mol. The number of anilines is 1. The lowest BCUT2D eigenvalue weighted by molar-refractivity contribution is 0.604. The van der Waals surface area contributed by atoms with E-state index in [1.165, 1.54) is 18.2 Å². The maximum atomic E-state index is 14.0. The van der Waals surface area contributed by atoms with E-state index in [9.17, 15) is 8.78 Å². The Bertz CT molecular complexity index is 638. The van der Waals surface area contributed by atoms with Gasteiger partial charge in [-0.15, -0.1) is 0 Å². The van der Waals surface area contributed by atoms with Crippen molar-refractivity contribution in [1.29, 1.82) is 5.41 Å². The lowest BCUT2D eigenvalue weighted by Gasteiger charge is -2.23. The quantitative estimate of drug-likeness (QED) is 0.655. The average molecular weight is 289 g/mol. The van der Waals surface area contributed by atoms with Crippen molar-refractivity contribution in [1.82, 2.24) is 0 Å². The molecular formula is C16H17F2N3. The number of nitrogen functional groups attached to an aromatic ring is 1. The van der Waals surface area contributed by atoms with Crippen LogP contribution < -0.4 is 10.6 Å². The molecule has 0 bridgehead atoms. The highest BCUT2D eigenvalue weighted by atomic mass is 19.1. The Morgan fingerprint density at radius 1 is 1.14 bits per heavy atom. The molecule has 2 aromatic rings. The zero-order valence-electron chi connectivity index (χ0n) is 11.7. The van der Waals surface area contributed by atoms with Crippen molar-refractivity contribution in [3.05, 3.63) is 65.2 Å². The first-order valence-electron chi connectivity index (χ1n) is 6.64. The third-order valence-electron chi connectivity index (χ3n) is 3.30. The van der Waals surface area contributed by atoms with Crippen LogP contribution in [0.15, 0.2) is 42.5 Å². The second-order valence-corrected chi connectivity index (χ2v) is 4.71. The van der Waals surface area contributed by atoms with Crippen molar-refractivity contribution in [3.63, 3.8) is 0 Å². The van der Waals surface area contributed by atoms with Crippen LogP contribution in [0.2, 0.25) is 0 Å². The molecule has 0 aliphatic rings. The van der Waals surface area contributed by atoms with Crippen LogP contribution in [0.1, 0.15) is 18.1 Å². The lowest BCUT2D eigenvalue weighted by atomic mass is 10.1. The predicted molar refractivity (Wildman–Crippen MR) is 80.5 cm³/mol. The van der Waals surface area contributed by atoms with Gasteiger partial charge in [0, 0.05) is 29.9 Å². The van der Waals surface area contributed by atoms with E-state index in [0.717, 1.165) is 5.69 Å². The summed E-state index contributed by atoms with van der Waals surface area (Å²) in [6, 6.07) is 10.6. The minimum Gasteiger partial charge on any atom is -0.384 e. The van der Waals surface area contributed by atoms with Crippen molar-refractivity contribution in [2.24, 2.45) is 5.73 Å². The molecule has 5 heteroatoms. The maximum Gasteiger partial charge on any atom is 0.128 e. The van der Waals surface area contributed by atoms with Gasteiger partial charge >= 0.3 is 0 Å². The highest BCUT2D eigenvalue weighted by Gasteiger charge is 2.10. The van der Waals surface area contributed by atoms with Gasteiger partial charge in [-0.1, -0.05) is 12.1 Å². The average Bonchev–Trinajstić information content (AvgIpc) is 2.47. The second-order valence-electron chi connectivity index (χ2n) is 4.71. The summed E-state index contributed by atoms with van der Waals surface area (Å²) in [4.78, 5) is 1.94. The molecule has 2 aromatic carbocycles. The minimum atomic E-state index is -0.400. The van der Waals surface area contributed by atoms with Gasteiger partial charge in [0.05, 0.1) is 0 Å². The molecule has 0 aromatic heterocycles. The van der Waals surface area contributed by atoms with E-state index >= 15 is 0 Å². The van der Waals surface area contributed by atoms with Gasteiger partial charge in [0.2, 0.25) is 0 Å². The molecule has 2 rings (SSSR count). The van der Waals surface area contributed by atoms with Gasteiger partial charge in [-0.2, -0.15) is 0 Å². The molecule has 0 heterocycles. The summed E-state index contributed by atoms with van der Waals surface area (Å²) in [6.07, 6.45) is 0. The summed E-state index contributed by atoms with van der Waals surface area (Å²) in [7, 11) is 0. The molecule has 0 aliphatic carbocycles. The van der Waals surface area contributed by atoms with Gasteiger partial charge in [0.15, 0.2) is 0 Å². The first-order valence-corrected chi connectivity index (χ1v) is 6.64. The maximum absolute atomic E-state index is 14.0. The number of nitrogens with one attached hydrogen (secondary N) is 1. The van der Waals surface area contributed by atoms with Gasteiger partial charge in [-0.3, -0.25) is 5.41 Å². The van der Waals surface area contributed by atoms with Crippen LogP contribution >= 0.6 is 0 Å². The van der Waals surface area contributed by atoms with Gasteiger partial charge in [0.25, 0.3) is 0 Å². The third-order valence-corrected chi connectivity index (χ3v) is 3.30. The van der Waals surface area contributed by atoms with E-state index in [1.54, 1.807) is 24.3 Å². The van der Waals surface area contributed by atoms with E-state index in [4.69, 9.17) is 11.1 Å². The summed E-state index contributed by atoms with van der Waals surface area (Å²) in [5, 5.41) is 7.30. The fraction of sp³-hybridized carbons (Fsp3) is 0.188. The first-order chi connectivity index (χ1) is 10.0. The highest BCUT2D eigenvalue weighted by molar-refractivity contribution is 5.94. The summed E-state index contributed by atoms with van der Waals surface area (Å²) in [6.45, 7) is 2.98. The van der Waals surface area contributed by atoms with Crippen molar-refractivity contribution < 1.29 is 8.78 Å². The summed E-state index contributed by atoms with van der Waals surface area (Å²) in [5.41, 5.74) is 7.03. The zero-order chi connectivity index (χ0) is 15.4. The molecule has 0 spiro atoms. The molecule has 0 atom stereocenters. The van der Waals surface area contributed by atoms with Gasteiger partial charge in [-0.05, 0) is 37.3 Å². The van der Waals surface area contributed by atoms with Crippen LogP contribution in [0.4, 0.5) is 14.5 Å². The molecule has 0 saturated heterocycles. The molecule has 3 nitrogen and oxygen atoms in total. The van der Waals surface area contributed by atoms with Crippen LogP contribution in [0.25, 0.3) is 0 Å². The van der Waals surface area contributed by atoms with Crippen molar-refractivity contribution in [3.8, 4) is 0 Å². The topological polar surface area (TPSA) is 53.1 Å². The Kier molecular flexibility index (Phi) is 4.52. The van der Waals surface area contributed by atoms with Crippen LogP contribution in [0.3, 0.4) is 0 Å².